The summed E-state index contributed by atoms with van der Waals surface area (Å²) >= 11 is 0. The van der Waals surface area contributed by atoms with E-state index in [1.54, 1.807) is 0 Å². The Balaban J connectivity index is 4.43. The van der Waals surface area contributed by atoms with E-state index in [2.05, 4.69) is 130 Å². The van der Waals surface area contributed by atoms with Gasteiger partial charge >= 0.3 is 17.9 Å². The first kappa shape index (κ1) is 73.1. The van der Waals surface area contributed by atoms with Crippen molar-refractivity contribution in [2.75, 3.05) is 13.2 Å². The molecule has 0 amide bonds. The molecule has 0 bridgehead atoms. The topological polar surface area (TPSA) is 78.9 Å². The van der Waals surface area contributed by atoms with E-state index in [-0.39, 0.29) is 31.1 Å². The first-order valence-electron chi connectivity index (χ1n) is 32.4. The van der Waals surface area contributed by atoms with Crippen LogP contribution in [0.1, 0.15) is 303 Å². The number of hydrogen-bond donors (Lipinski definition) is 0. The van der Waals surface area contributed by atoms with Crippen LogP contribution in [0, 0.1) is 0 Å². The molecule has 0 heterocycles. The number of esters is 3. The van der Waals surface area contributed by atoms with Crippen LogP contribution < -0.4 is 0 Å². The van der Waals surface area contributed by atoms with Crippen LogP contribution in [-0.2, 0) is 28.6 Å². The van der Waals surface area contributed by atoms with E-state index >= 15 is 0 Å². The third kappa shape index (κ3) is 62.8. The van der Waals surface area contributed by atoms with Crippen LogP contribution in [0.2, 0.25) is 0 Å². The zero-order valence-electron chi connectivity index (χ0n) is 50.4. The Hall–Kier alpha value is -3.93. The fourth-order valence-corrected chi connectivity index (χ4v) is 8.88. The first-order chi connectivity index (χ1) is 38.0. The van der Waals surface area contributed by atoms with Gasteiger partial charge in [0.15, 0.2) is 6.10 Å². The number of ether oxygens (including phenoxy) is 3. The minimum Gasteiger partial charge on any atom is -0.462 e. The molecule has 0 saturated heterocycles. The normalized spacial score (nSPS) is 12.8. The van der Waals surface area contributed by atoms with Crippen molar-refractivity contribution in [3.63, 3.8) is 0 Å². The Bertz CT molecular complexity index is 1560. The van der Waals surface area contributed by atoms with Crippen molar-refractivity contribution in [1.82, 2.24) is 0 Å². The Labute approximate surface area is 476 Å². The van der Waals surface area contributed by atoms with Gasteiger partial charge in [0.05, 0.1) is 0 Å². The van der Waals surface area contributed by atoms with Crippen LogP contribution in [-0.4, -0.2) is 37.2 Å². The van der Waals surface area contributed by atoms with Gasteiger partial charge in [-0.25, -0.2) is 0 Å². The lowest BCUT2D eigenvalue weighted by Crippen LogP contribution is -2.30. The van der Waals surface area contributed by atoms with Crippen LogP contribution >= 0.6 is 0 Å². The summed E-state index contributed by atoms with van der Waals surface area (Å²) in [5.74, 6) is -0.916. The number of carbonyl (C=O) groups is 3. The van der Waals surface area contributed by atoms with Crippen molar-refractivity contribution in [2.45, 2.75) is 309 Å². The zero-order valence-corrected chi connectivity index (χ0v) is 50.4. The van der Waals surface area contributed by atoms with Crippen LogP contribution in [0.25, 0.3) is 0 Å². The molecule has 0 aromatic rings. The number of hydrogen-bond acceptors (Lipinski definition) is 6. The maximum atomic E-state index is 12.9. The van der Waals surface area contributed by atoms with E-state index in [0.717, 1.165) is 128 Å². The first-order valence-corrected chi connectivity index (χ1v) is 32.4. The third-order valence-electron chi connectivity index (χ3n) is 13.7. The Kier molecular flexibility index (Phi) is 61.3. The molecule has 6 heteroatoms. The number of carbonyl (C=O) groups excluding carboxylic acids is 3. The van der Waals surface area contributed by atoms with Gasteiger partial charge in [0, 0.05) is 19.3 Å². The van der Waals surface area contributed by atoms with E-state index < -0.39 is 6.10 Å². The molecular weight excluding hydrogens is 949 g/mol. The Morgan fingerprint density at radius 1 is 0.273 bits per heavy atom. The molecule has 0 radical (unpaired) electrons. The largest absolute Gasteiger partial charge is 0.462 e. The summed E-state index contributed by atoms with van der Waals surface area (Å²) < 4.78 is 16.9. The van der Waals surface area contributed by atoms with E-state index in [0.29, 0.717) is 19.3 Å². The van der Waals surface area contributed by atoms with E-state index in [4.69, 9.17) is 14.2 Å². The molecule has 0 spiro atoms. The standard InChI is InChI=1S/C71H120O6/c1-4-7-10-13-16-19-22-25-28-30-32-34-35-37-38-40-43-46-49-52-55-58-61-64-70(73)76-67-68(66-75-69(72)63-60-57-54-51-48-45-42-27-24-21-18-15-12-9-6-3)77-71(74)65-62-59-56-53-50-47-44-41-39-36-33-31-29-26-23-20-17-14-11-8-5-2/h7,10,16,19,23,25-28,31-34,37-39,41-42,68H,4-6,8-9,11-15,17-18,20-22,24,29-30,35-36,40,43-67H2,1-3H3/b10-7-,19-16-,26-23-,28-25-,33-31-,34-32-,38-37-,41-39-,42-27-. The highest BCUT2D eigenvalue weighted by Gasteiger charge is 2.19. The maximum absolute atomic E-state index is 12.9. The molecule has 6 nitrogen and oxygen atoms in total. The van der Waals surface area contributed by atoms with Gasteiger partial charge < -0.3 is 14.2 Å². The smallest absolute Gasteiger partial charge is 0.306 e. The summed E-state index contributed by atoms with van der Waals surface area (Å²) in [7, 11) is 0. The molecule has 1 atom stereocenters. The van der Waals surface area contributed by atoms with Gasteiger partial charge in [-0.1, -0.05) is 265 Å². The van der Waals surface area contributed by atoms with Crippen molar-refractivity contribution in [1.29, 1.82) is 0 Å². The summed E-state index contributed by atoms with van der Waals surface area (Å²) in [5, 5.41) is 0. The summed E-state index contributed by atoms with van der Waals surface area (Å²) in [6.45, 7) is 6.50. The minimum atomic E-state index is -0.797. The molecule has 77 heavy (non-hydrogen) atoms. The second-order valence-corrected chi connectivity index (χ2v) is 21.3. The van der Waals surface area contributed by atoms with E-state index in [1.807, 2.05) is 0 Å². The number of allylic oxidation sites excluding steroid dienone is 18. The lowest BCUT2D eigenvalue weighted by Gasteiger charge is -2.18. The highest BCUT2D eigenvalue weighted by atomic mass is 16.6. The van der Waals surface area contributed by atoms with Gasteiger partial charge in [-0.15, -0.1) is 0 Å². The molecule has 0 saturated carbocycles. The molecule has 0 aliphatic carbocycles. The number of rotatable bonds is 58. The van der Waals surface area contributed by atoms with E-state index in [1.165, 1.54) is 135 Å². The van der Waals surface area contributed by atoms with Crippen LogP contribution in [0.3, 0.4) is 0 Å². The number of unbranched alkanes of at least 4 members (excludes halogenated alkanes) is 29. The van der Waals surface area contributed by atoms with E-state index in [9.17, 15) is 14.4 Å². The van der Waals surface area contributed by atoms with Gasteiger partial charge in [-0.2, -0.15) is 0 Å². The molecule has 0 rings (SSSR count). The minimum absolute atomic E-state index is 0.0919. The Morgan fingerprint density at radius 3 is 0.805 bits per heavy atom. The molecule has 0 aromatic heterocycles. The highest BCUT2D eigenvalue weighted by molar-refractivity contribution is 5.71. The second-order valence-electron chi connectivity index (χ2n) is 21.3. The van der Waals surface area contributed by atoms with Crippen molar-refractivity contribution in [3.8, 4) is 0 Å². The van der Waals surface area contributed by atoms with Crippen LogP contribution in [0.15, 0.2) is 109 Å². The van der Waals surface area contributed by atoms with Crippen LogP contribution in [0.4, 0.5) is 0 Å². The fraction of sp³-hybridized carbons (Fsp3) is 0.704. The zero-order chi connectivity index (χ0) is 55.7. The average molecular weight is 1070 g/mol. The van der Waals surface area contributed by atoms with Gasteiger partial charge in [0.2, 0.25) is 0 Å². The molecule has 0 fully saturated rings. The lowest BCUT2D eigenvalue weighted by molar-refractivity contribution is -0.167. The van der Waals surface area contributed by atoms with Gasteiger partial charge in [-0.05, 0) is 128 Å². The summed E-state index contributed by atoms with van der Waals surface area (Å²) in [6.07, 6.45) is 88.0. The van der Waals surface area contributed by atoms with Crippen molar-refractivity contribution < 1.29 is 28.6 Å². The van der Waals surface area contributed by atoms with Crippen LogP contribution in [0.5, 0.6) is 0 Å². The molecule has 0 N–H and O–H groups in total. The summed E-state index contributed by atoms with van der Waals surface area (Å²) in [5.41, 5.74) is 0. The monoisotopic (exact) mass is 1070 g/mol. The highest BCUT2D eigenvalue weighted by Crippen LogP contribution is 2.15. The molecule has 1 unspecified atom stereocenters. The second kappa shape index (κ2) is 64.6. The molecule has 0 aromatic carbocycles. The summed E-state index contributed by atoms with van der Waals surface area (Å²) in [4.78, 5) is 38.4. The van der Waals surface area contributed by atoms with Gasteiger partial charge in [-0.3, -0.25) is 14.4 Å². The van der Waals surface area contributed by atoms with Crippen molar-refractivity contribution >= 4 is 17.9 Å². The predicted molar refractivity (Wildman–Crippen MR) is 334 cm³/mol. The lowest BCUT2D eigenvalue weighted by atomic mass is 10.1. The van der Waals surface area contributed by atoms with Crippen molar-refractivity contribution in [3.05, 3.63) is 109 Å². The Morgan fingerprint density at radius 2 is 0.506 bits per heavy atom. The SMILES string of the molecule is CC/C=C\C/C=C\C/C=C\C/C=C\C/C=C\CCCCCCCCCC(=O)OCC(COC(=O)CCCCCCC/C=C\CCCCCCCC)OC(=O)CCCCCCCC/C=C\C/C=C\C/C=C\CCCCCCC. The summed E-state index contributed by atoms with van der Waals surface area (Å²) in [6, 6.07) is 0. The molecule has 440 valence electrons. The fourth-order valence-electron chi connectivity index (χ4n) is 8.88. The van der Waals surface area contributed by atoms with Gasteiger partial charge in [0.25, 0.3) is 0 Å². The predicted octanol–water partition coefficient (Wildman–Crippen LogP) is 22.2. The maximum Gasteiger partial charge on any atom is 0.306 e. The van der Waals surface area contributed by atoms with Gasteiger partial charge in [0.1, 0.15) is 13.2 Å². The molecule has 0 aliphatic heterocycles. The molecule has 0 aliphatic rings. The molecular formula is C71H120O6. The van der Waals surface area contributed by atoms with Crippen molar-refractivity contribution in [2.24, 2.45) is 0 Å². The quantitative estimate of drug-likeness (QED) is 0.0261. The third-order valence-corrected chi connectivity index (χ3v) is 13.7. The average Bonchev–Trinajstić information content (AvgIpc) is 3.43.